The molecule has 85 valence electrons. The van der Waals surface area contributed by atoms with Crippen molar-refractivity contribution in [3.05, 3.63) is 48.2 Å². The molecule has 0 atom stereocenters. The second-order valence-corrected chi connectivity index (χ2v) is 4.56. The zero-order valence-corrected chi connectivity index (χ0v) is 10.7. The summed E-state index contributed by atoms with van der Waals surface area (Å²) in [5.74, 6) is 0.577. The van der Waals surface area contributed by atoms with Gasteiger partial charge in [-0.25, -0.2) is 0 Å². The second kappa shape index (κ2) is 5.18. The van der Waals surface area contributed by atoms with Crippen LogP contribution in [0, 0.1) is 5.92 Å². The summed E-state index contributed by atoms with van der Waals surface area (Å²) in [6, 6.07) is 10.7. The van der Waals surface area contributed by atoms with Crippen LogP contribution in [0.3, 0.4) is 0 Å². The summed E-state index contributed by atoms with van der Waals surface area (Å²) >= 11 is 0. The van der Waals surface area contributed by atoms with Crippen molar-refractivity contribution in [2.75, 3.05) is 0 Å². The van der Waals surface area contributed by atoms with Gasteiger partial charge in [0.25, 0.3) is 0 Å². The average Bonchev–Trinajstić information content (AvgIpc) is 2.35. The Bertz CT molecular complexity index is 538. The second-order valence-electron chi connectivity index (χ2n) is 4.56. The number of rotatable bonds is 3. The summed E-state index contributed by atoms with van der Waals surface area (Å²) in [4.78, 5) is 0. The van der Waals surface area contributed by atoms with Crippen LogP contribution in [0.2, 0.25) is 6.82 Å². The molecule has 0 N–H and O–H groups in total. The Kier molecular flexibility index (Phi) is 3.63. The Balaban J connectivity index is 2.62. The normalized spacial score (nSPS) is 11.5. The molecule has 0 aliphatic heterocycles. The van der Waals surface area contributed by atoms with Gasteiger partial charge in [0, 0.05) is 17.0 Å². The van der Waals surface area contributed by atoms with Gasteiger partial charge in [-0.2, -0.15) is 0 Å². The van der Waals surface area contributed by atoms with Crippen LogP contribution in [-0.2, 0) is 0 Å². The van der Waals surface area contributed by atoms with Gasteiger partial charge in [-0.05, 0) is 30.9 Å². The van der Waals surface area contributed by atoms with E-state index in [0.29, 0.717) is 5.92 Å². The summed E-state index contributed by atoms with van der Waals surface area (Å²) in [5.41, 5.74) is 2.55. The lowest BCUT2D eigenvalue weighted by Crippen LogP contribution is -2.38. The zero-order valence-electron chi connectivity index (χ0n) is 10.7. The van der Waals surface area contributed by atoms with E-state index in [1.165, 1.54) is 16.5 Å². The summed E-state index contributed by atoms with van der Waals surface area (Å²) in [5, 5.41) is 1.27. The quantitative estimate of drug-likeness (QED) is 0.703. The minimum Gasteiger partial charge on any atom is -0.284 e. The van der Waals surface area contributed by atoms with Crippen LogP contribution >= 0.6 is 0 Å². The molecular formula is C15H18BN+. The van der Waals surface area contributed by atoms with Gasteiger partial charge in [-0.15, -0.1) is 0 Å². The van der Waals surface area contributed by atoms with Crippen LogP contribution in [0.25, 0.3) is 17.0 Å². The van der Waals surface area contributed by atoms with E-state index in [1.807, 2.05) is 0 Å². The minimum absolute atomic E-state index is 0.577. The van der Waals surface area contributed by atoms with Crippen LogP contribution in [0.4, 0.5) is 0 Å². The molecule has 1 aromatic carbocycles. The van der Waals surface area contributed by atoms with Crippen LogP contribution in [0.15, 0.2) is 42.6 Å². The Labute approximate surface area is 104 Å². The molecule has 0 saturated carbocycles. The zero-order chi connectivity index (χ0) is 12.3. The standard InChI is InChI=1S/C15H18BN/c1-12(2)9-10-14-7-4-6-13-8-5-11-17(16-3)15(13)14/h4-12H,1-3H3/q+1/b10-9+. The largest absolute Gasteiger partial charge is 0.536 e. The highest BCUT2D eigenvalue weighted by Gasteiger charge is 2.10. The number of fused-ring (bicyclic) bond motifs is 1. The first-order valence-electron chi connectivity index (χ1n) is 6.13. The highest BCUT2D eigenvalue weighted by Crippen LogP contribution is 2.16. The van der Waals surface area contributed by atoms with Crippen LogP contribution < -0.4 is 4.48 Å². The minimum atomic E-state index is 0.577. The molecule has 0 spiro atoms. The van der Waals surface area contributed by atoms with Crippen molar-refractivity contribution in [3.8, 4) is 0 Å². The molecule has 0 aliphatic carbocycles. The van der Waals surface area contributed by atoms with Gasteiger partial charge in [0.1, 0.15) is 6.20 Å². The van der Waals surface area contributed by atoms with Gasteiger partial charge < -0.3 is 0 Å². The molecule has 0 fully saturated rings. The molecule has 1 nitrogen and oxygen atoms in total. The van der Waals surface area contributed by atoms with E-state index in [0.717, 1.165) is 0 Å². The van der Waals surface area contributed by atoms with E-state index in [9.17, 15) is 0 Å². The Hall–Kier alpha value is -1.57. The molecule has 1 radical (unpaired) electrons. The van der Waals surface area contributed by atoms with E-state index in [-0.39, 0.29) is 0 Å². The fourth-order valence-electron chi connectivity index (χ4n) is 1.97. The summed E-state index contributed by atoms with van der Waals surface area (Å²) in [6.07, 6.45) is 6.55. The molecule has 0 bridgehead atoms. The van der Waals surface area contributed by atoms with Gasteiger partial charge >= 0.3 is 7.41 Å². The maximum Gasteiger partial charge on any atom is 0.536 e. The maximum atomic E-state index is 2.24. The number of para-hydroxylation sites is 1. The van der Waals surface area contributed by atoms with Crippen LogP contribution in [0.5, 0.6) is 0 Å². The number of pyridine rings is 1. The average molecular weight is 223 g/mol. The molecule has 0 saturated heterocycles. The number of aromatic nitrogens is 1. The van der Waals surface area contributed by atoms with Crippen LogP contribution in [-0.4, -0.2) is 7.41 Å². The fraction of sp³-hybridized carbons (Fsp3) is 0.267. The molecular weight excluding hydrogens is 205 g/mol. The molecule has 2 aromatic rings. The number of benzene rings is 1. The molecule has 0 unspecified atom stereocenters. The van der Waals surface area contributed by atoms with Crippen molar-refractivity contribution in [1.82, 2.24) is 0 Å². The predicted octanol–water partition coefficient (Wildman–Crippen LogP) is 3.31. The summed E-state index contributed by atoms with van der Waals surface area (Å²) in [7, 11) is 2.09. The summed E-state index contributed by atoms with van der Waals surface area (Å²) < 4.78 is 2.18. The molecule has 2 rings (SSSR count). The van der Waals surface area contributed by atoms with Crippen molar-refractivity contribution in [2.45, 2.75) is 20.7 Å². The van der Waals surface area contributed by atoms with Crippen molar-refractivity contribution in [1.29, 1.82) is 0 Å². The molecule has 1 aromatic heterocycles. The van der Waals surface area contributed by atoms with Crippen LogP contribution in [0.1, 0.15) is 19.4 Å². The third-order valence-electron chi connectivity index (χ3n) is 2.82. The van der Waals surface area contributed by atoms with Gasteiger partial charge in [0.05, 0.1) is 0 Å². The van der Waals surface area contributed by atoms with E-state index >= 15 is 0 Å². The highest BCUT2D eigenvalue weighted by atomic mass is 14.8. The van der Waals surface area contributed by atoms with Crippen molar-refractivity contribution in [3.63, 3.8) is 0 Å². The van der Waals surface area contributed by atoms with Crippen molar-refractivity contribution in [2.24, 2.45) is 5.92 Å². The monoisotopic (exact) mass is 223 g/mol. The third kappa shape index (κ3) is 2.58. The first-order chi connectivity index (χ1) is 8.22. The first-order valence-corrected chi connectivity index (χ1v) is 6.13. The van der Waals surface area contributed by atoms with Gasteiger partial charge in [0.15, 0.2) is 5.52 Å². The molecule has 1 heterocycles. The predicted molar refractivity (Wildman–Crippen MR) is 75.0 cm³/mol. The summed E-state index contributed by atoms with van der Waals surface area (Å²) in [6.45, 7) is 6.45. The molecule has 17 heavy (non-hydrogen) atoms. The Morgan fingerprint density at radius 1 is 1.18 bits per heavy atom. The molecule has 2 heteroatoms. The van der Waals surface area contributed by atoms with Gasteiger partial charge in [-0.1, -0.05) is 32.1 Å². The SMILES string of the molecule is C[B][n+]1cccc2cccc(/C=C/C(C)C)c21. The third-order valence-corrected chi connectivity index (χ3v) is 2.82. The number of hydrogen-bond acceptors (Lipinski definition) is 0. The lowest BCUT2D eigenvalue weighted by atomic mass is 9.96. The van der Waals surface area contributed by atoms with Crippen molar-refractivity contribution < 1.29 is 4.48 Å². The van der Waals surface area contributed by atoms with Gasteiger partial charge in [-0.3, -0.25) is 4.48 Å². The van der Waals surface area contributed by atoms with E-state index in [2.05, 4.69) is 81.2 Å². The topological polar surface area (TPSA) is 3.88 Å². The van der Waals surface area contributed by atoms with E-state index < -0.39 is 0 Å². The Morgan fingerprint density at radius 2 is 1.94 bits per heavy atom. The number of hydrogen-bond donors (Lipinski definition) is 0. The number of nitrogens with zero attached hydrogens (tertiary/aromatic N) is 1. The highest BCUT2D eigenvalue weighted by molar-refractivity contribution is 6.23. The lowest BCUT2D eigenvalue weighted by Gasteiger charge is -2.02. The maximum absolute atomic E-state index is 2.24. The van der Waals surface area contributed by atoms with E-state index in [4.69, 9.17) is 0 Å². The fourth-order valence-corrected chi connectivity index (χ4v) is 1.97. The molecule has 0 amide bonds. The number of allylic oxidation sites excluding steroid dienone is 1. The van der Waals surface area contributed by atoms with Gasteiger partial charge in [0.2, 0.25) is 0 Å². The Morgan fingerprint density at radius 3 is 2.65 bits per heavy atom. The first kappa shape index (κ1) is 11.9. The lowest BCUT2D eigenvalue weighted by molar-refractivity contribution is -0.498. The molecule has 0 aliphatic rings. The smallest absolute Gasteiger partial charge is 0.284 e. The van der Waals surface area contributed by atoms with E-state index in [1.54, 1.807) is 0 Å². The van der Waals surface area contributed by atoms with Crippen molar-refractivity contribution >= 4 is 24.4 Å².